The van der Waals surface area contributed by atoms with E-state index in [4.69, 9.17) is 0 Å². The summed E-state index contributed by atoms with van der Waals surface area (Å²) >= 11 is 0. The molecule has 31 heavy (non-hydrogen) atoms. The van der Waals surface area contributed by atoms with Crippen LogP contribution in [-0.4, -0.2) is 15.9 Å². The molecule has 0 unspecified atom stereocenters. The maximum Gasteiger partial charge on any atom is 0.255 e. The molecule has 3 N–H and O–H groups in total. The third-order valence-corrected chi connectivity index (χ3v) is 4.61. The second kappa shape index (κ2) is 9.09. The summed E-state index contributed by atoms with van der Waals surface area (Å²) < 4.78 is 0. The van der Waals surface area contributed by atoms with Gasteiger partial charge >= 0.3 is 0 Å². The minimum absolute atomic E-state index is 0.139. The van der Waals surface area contributed by atoms with Crippen molar-refractivity contribution in [3.63, 3.8) is 0 Å². The van der Waals surface area contributed by atoms with Crippen LogP contribution in [0.25, 0.3) is 0 Å². The number of hydrogen-bond donors (Lipinski definition) is 3. The highest BCUT2D eigenvalue weighted by Gasteiger charge is 2.06. The Bertz CT molecular complexity index is 1170. The van der Waals surface area contributed by atoms with Crippen molar-refractivity contribution in [1.29, 1.82) is 0 Å². The average Bonchev–Trinajstić information content (AvgIpc) is 2.77. The summed E-state index contributed by atoms with van der Waals surface area (Å²) in [5.41, 5.74) is 4.37. The minimum Gasteiger partial charge on any atom is -0.340 e. The molecule has 1 aromatic heterocycles. The summed E-state index contributed by atoms with van der Waals surface area (Å²) in [4.78, 5) is 21.2. The lowest BCUT2D eigenvalue weighted by Gasteiger charge is -2.11. The summed E-state index contributed by atoms with van der Waals surface area (Å²) in [5, 5.41) is 9.49. The quantitative estimate of drug-likeness (QED) is 0.373. The molecule has 0 radical (unpaired) electrons. The van der Waals surface area contributed by atoms with Crippen LogP contribution in [0.3, 0.4) is 0 Å². The molecule has 0 aliphatic carbocycles. The van der Waals surface area contributed by atoms with Crippen molar-refractivity contribution in [2.75, 3.05) is 16.0 Å². The zero-order chi connectivity index (χ0) is 21.6. The van der Waals surface area contributed by atoms with Gasteiger partial charge in [0.05, 0.1) is 0 Å². The number of anilines is 5. The molecule has 0 spiro atoms. The Morgan fingerprint density at radius 2 is 1.19 bits per heavy atom. The average molecular weight is 409 g/mol. The van der Waals surface area contributed by atoms with Gasteiger partial charge in [-0.1, -0.05) is 35.9 Å². The standard InChI is InChI=1S/C25H23N5O/c1-17-8-10-20(11-9-17)28-23-16-24(27-18(2)26-23)29-21-12-14-22(15-13-21)30-25(31)19-6-4-3-5-7-19/h3-16H,1-2H3,(H,30,31)(H2,26,27,28,29). The number of hydrogen-bond acceptors (Lipinski definition) is 5. The molecule has 6 heteroatoms. The zero-order valence-electron chi connectivity index (χ0n) is 17.4. The molecule has 0 aliphatic heterocycles. The fourth-order valence-corrected chi connectivity index (χ4v) is 3.06. The Balaban J connectivity index is 1.43. The number of carbonyl (C=O) groups excluding carboxylic acids is 1. The Kier molecular flexibility index (Phi) is 5.89. The van der Waals surface area contributed by atoms with Gasteiger partial charge in [-0.15, -0.1) is 0 Å². The molecule has 0 bridgehead atoms. The third kappa shape index (κ3) is 5.45. The number of rotatable bonds is 6. The summed E-state index contributed by atoms with van der Waals surface area (Å²) in [7, 11) is 0. The lowest BCUT2D eigenvalue weighted by atomic mass is 10.2. The summed E-state index contributed by atoms with van der Waals surface area (Å²) in [6, 6.07) is 26.6. The van der Waals surface area contributed by atoms with E-state index >= 15 is 0 Å². The van der Waals surface area contributed by atoms with Crippen LogP contribution in [0, 0.1) is 13.8 Å². The van der Waals surface area contributed by atoms with Crippen molar-refractivity contribution in [3.8, 4) is 0 Å². The van der Waals surface area contributed by atoms with E-state index in [2.05, 4.69) is 32.8 Å². The second-order valence-electron chi connectivity index (χ2n) is 7.20. The van der Waals surface area contributed by atoms with Crippen molar-refractivity contribution in [1.82, 2.24) is 9.97 Å². The first-order chi connectivity index (χ1) is 15.0. The SMILES string of the molecule is Cc1ccc(Nc2cc(Nc3ccc(NC(=O)c4ccccc4)cc3)nc(C)n2)cc1. The highest BCUT2D eigenvalue weighted by Crippen LogP contribution is 2.22. The molecule has 1 amide bonds. The molecule has 3 aromatic carbocycles. The largest absolute Gasteiger partial charge is 0.340 e. The van der Waals surface area contributed by atoms with Gasteiger partial charge in [0.1, 0.15) is 17.5 Å². The van der Waals surface area contributed by atoms with Crippen LogP contribution in [0.1, 0.15) is 21.7 Å². The molecular weight excluding hydrogens is 386 g/mol. The van der Waals surface area contributed by atoms with E-state index in [1.165, 1.54) is 5.56 Å². The predicted octanol–water partition coefficient (Wildman–Crippen LogP) is 5.83. The van der Waals surface area contributed by atoms with Crippen LogP contribution in [-0.2, 0) is 0 Å². The van der Waals surface area contributed by atoms with Gasteiger partial charge in [-0.2, -0.15) is 0 Å². The fraction of sp³-hybridized carbons (Fsp3) is 0.0800. The number of benzene rings is 3. The number of carbonyl (C=O) groups is 1. The summed E-state index contributed by atoms with van der Waals surface area (Å²) in [5.74, 6) is 1.92. The smallest absolute Gasteiger partial charge is 0.255 e. The molecule has 4 rings (SSSR count). The van der Waals surface area contributed by atoms with E-state index < -0.39 is 0 Å². The minimum atomic E-state index is -0.139. The maximum atomic E-state index is 12.3. The van der Waals surface area contributed by atoms with Gasteiger partial charge in [-0.3, -0.25) is 4.79 Å². The van der Waals surface area contributed by atoms with Gasteiger partial charge in [-0.05, 0) is 62.4 Å². The molecule has 4 aromatic rings. The molecular formula is C25H23N5O. The summed E-state index contributed by atoms with van der Waals surface area (Å²) in [6.07, 6.45) is 0. The Hall–Kier alpha value is -4.19. The Morgan fingerprint density at radius 3 is 1.77 bits per heavy atom. The maximum absolute atomic E-state index is 12.3. The molecule has 0 aliphatic rings. The van der Waals surface area contributed by atoms with Gasteiger partial charge in [0, 0.05) is 28.7 Å². The van der Waals surface area contributed by atoms with Crippen LogP contribution >= 0.6 is 0 Å². The lowest BCUT2D eigenvalue weighted by Crippen LogP contribution is -2.11. The summed E-state index contributed by atoms with van der Waals surface area (Å²) in [6.45, 7) is 3.91. The van der Waals surface area contributed by atoms with Crippen LogP contribution < -0.4 is 16.0 Å². The molecule has 0 saturated heterocycles. The van der Waals surface area contributed by atoms with Gasteiger partial charge in [0.25, 0.3) is 5.91 Å². The van der Waals surface area contributed by atoms with E-state index in [1.54, 1.807) is 12.1 Å². The van der Waals surface area contributed by atoms with E-state index in [0.717, 1.165) is 17.1 Å². The molecule has 1 heterocycles. The molecule has 0 fully saturated rings. The Labute approximate surface area is 181 Å². The van der Waals surface area contributed by atoms with E-state index in [1.807, 2.05) is 79.7 Å². The Morgan fingerprint density at radius 1 is 0.677 bits per heavy atom. The van der Waals surface area contributed by atoms with E-state index in [9.17, 15) is 4.79 Å². The third-order valence-electron chi connectivity index (χ3n) is 4.61. The highest BCUT2D eigenvalue weighted by molar-refractivity contribution is 6.04. The monoisotopic (exact) mass is 409 g/mol. The molecule has 0 saturated carbocycles. The first-order valence-electron chi connectivity index (χ1n) is 9.98. The van der Waals surface area contributed by atoms with E-state index in [-0.39, 0.29) is 5.91 Å². The van der Waals surface area contributed by atoms with Crippen LogP contribution in [0.15, 0.2) is 84.9 Å². The van der Waals surface area contributed by atoms with Crippen molar-refractivity contribution in [2.24, 2.45) is 0 Å². The van der Waals surface area contributed by atoms with Gasteiger partial charge < -0.3 is 16.0 Å². The van der Waals surface area contributed by atoms with Gasteiger partial charge in [0.15, 0.2) is 0 Å². The van der Waals surface area contributed by atoms with Crippen LogP contribution in [0.2, 0.25) is 0 Å². The number of amides is 1. The van der Waals surface area contributed by atoms with Crippen molar-refractivity contribution in [3.05, 3.63) is 102 Å². The van der Waals surface area contributed by atoms with Crippen LogP contribution in [0.4, 0.5) is 28.7 Å². The lowest BCUT2D eigenvalue weighted by molar-refractivity contribution is 0.102. The van der Waals surface area contributed by atoms with Gasteiger partial charge in [0.2, 0.25) is 0 Å². The molecule has 6 nitrogen and oxygen atoms in total. The van der Waals surface area contributed by atoms with E-state index in [0.29, 0.717) is 23.0 Å². The number of aromatic nitrogens is 2. The predicted molar refractivity (Wildman–Crippen MR) is 125 cm³/mol. The van der Waals surface area contributed by atoms with Crippen molar-refractivity contribution >= 4 is 34.6 Å². The first kappa shape index (κ1) is 20.1. The molecule has 154 valence electrons. The number of aryl methyl sites for hydroxylation is 2. The van der Waals surface area contributed by atoms with Crippen molar-refractivity contribution < 1.29 is 4.79 Å². The zero-order valence-corrected chi connectivity index (χ0v) is 17.4. The van der Waals surface area contributed by atoms with Crippen LogP contribution in [0.5, 0.6) is 0 Å². The second-order valence-corrected chi connectivity index (χ2v) is 7.20. The number of nitrogens with one attached hydrogen (secondary N) is 3. The first-order valence-corrected chi connectivity index (χ1v) is 9.98. The van der Waals surface area contributed by atoms with Crippen molar-refractivity contribution in [2.45, 2.75) is 13.8 Å². The highest BCUT2D eigenvalue weighted by atomic mass is 16.1. The topological polar surface area (TPSA) is 78.9 Å². The normalized spacial score (nSPS) is 10.4. The van der Waals surface area contributed by atoms with Gasteiger partial charge in [-0.25, -0.2) is 9.97 Å². The fourth-order valence-electron chi connectivity index (χ4n) is 3.06. The number of nitrogens with zero attached hydrogens (tertiary/aromatic N) is 2. The molecule has 0 atom stereocenters.